The molecule has 2 rings (SSSR count). The molecule has 0 spiro atoms. The number of likely N-dealkylation sites (tertiary alicyclic amines) is 1. The molecule has 1 saturated heterocycles. The minimum absolute atomic E-state index is 0.0824. The first-order valence-corrected chi connectivity index (χ1v) is 7.00. The van der Waals surface area contributed by atoms with Crippen molar-refractivity contribution in [3.63, 3.8) is 0 Å². The fraction of sp³-hybridized carbons (Fsp3) is 0.562. The van der Waals surface area contributed by atoms with Crippen molar-refractivity contribution in [2.24, 2.45) is 0 Å². The molecule has 0 amide bonds. The summed E-state index contributed by atoms with van der Waals surface area (Å²) in [6.07, 6.45) is 3.33. The molecule has 1 aromatic rings. The zero-order valence-electron chi connectivity index (χ0n) is 12.1. The number of nitrogens with zero attached hydrogens (tertiary/aromatic N) is 1. The van der Waals surface area contributed by atoms with Gasteiger partial charge >= 0.3 is 0 Å². The van der Waals surface area contributed by atoms with Crippen molar-refractivity contribution in [1.82, 2.24) is 4.90 Å². The zero-order chi connectivity index (χ0) is 13.8. The molecular weight excluding hydrogens is 238 g/mol. The summed E-state index contributed by atoms with van der Waals surface area (Å²) in [5.41, 5.74) is 2.41. The molecule has 1 heterocycles. The summed E-state index contributed by atoms with van der Waals surface area (Å²) < 4.78 is 5.43. The molecule has 19 heavy (non-hydrogen) atoms. The van der Waals surface area contributed by atoms with Gasteiger partial charge in [-0.15, -0.1) is 0 Å². The van der Waals surface area contributed by atoms with E-state index in [2.05, 4.69) is 24.0 Å². The van der Waals surface area contributed by atoms with Crippen LogP contribution < -0.4 is 4.74 Å². The van der Waals surface area contributed by atoms with Crippen molar-refractivity contribution in [3.05, 3.63) is 29.3 Å². The van der Waals surface area contributed by atoms with Crippen molar-refractivity contribution < 1.29 is 9.53 Å². The van der Waals surface area contributed by atoms with E-state index in [9.17, 15) is 4.79 Å². The van der Waals surface area contributed by atoms with Crippen LogP contribution in [0.5, 0.6) is 5.75 Å². The number of piperidine rings is 1. The molecule has 0 aliphatic carbocycles. The average molecular weight is 261 g/mol. The number of aryl methyl sites for hydroxylation is 1. The van der Waals surface area contributed by atoms with E-state index in [1.807, 2.05) is 6.07 Å². The number of hydrogen-bond donors (Lipinski definition) is 0. The number of carbonyl (C=O) groups excluding carboxylic acids is 1. The summed E-state index contributed by atoms with van der Waals surface area (Å²) in [5, 5.41) is 0. The number of methoxy groups -OCH3 is 1. The molecular formula is C16H23NO2. The van der Waals surface area contributed by atoms with Crippen molar-refractivity contribution >= 4 is 5.78 Å². The van der Waals surface area contributed by atoms with Crippen LogP contribution in [0.15, 0.2) is 18.2 Å². The van der Waals surface area contributed by atoms with E-state index in [-0.39, 0.29) is 11.8 Å². The first kappa shape index (κ1) is 14.1. The molecule has 104 valence electrons. The fourth-order valence-corrected chi connectivity index (χ4v) is 2.89. The number of benzene rings is 1. The summed E-state index contributed by atoms with van der Waals surface area (Å²) in [7, 11) is 1.70. The molecule has 0 radical (unpaired) electrons. The van der Waals surface area contributed by atoms with Gasteiger partial charge in [0.05, 0.1) is 13.2 Å². The first-order valence-electron chi connectivity index (χ1n) is 7.00. The predicted octanol–water partition coefficient (Wildman–Crippen LogP) is 2.95. The number of rotatable bonds is 4. The molecule has 0 saturated carbocycles. The molecule has 3 nitrogen and oxygen atoms in total. The van der Waals surface area contributed by atoms with E-state index in [0.29, 0.717) is 0 Å². The maximum atomic E-state index is 11.7. The number of ether oxygens (including phenoxy) is 1. The zero-order valence-corrected chi connectivity index (χ0v) is 12.1. The van der Waals surface area contributed by atoms with Crippen molar-refractivity contribution in [2.45, 2.75) is 45.7 Å². The van der Waals surface area contributed by atoms with Gasteiger partial charge in [-0.1, -0.05) is 24.1 Å². The Balaban J connectivity index is 2.18. The standard InChI is InChI=1S/C16H23NO2/c1-12-7-8-16(19-3)14(10-12)11-17-9-5-4-6-15(17)13(2)18/h7-8,10,15H,4-6,9,11H2,1-3H3. The first-order chi connectivity index (χ1) is 9.11. The second-order valence-corrected chi connectivity index (χ2v) is 5.41. The van der Waals surface area contributed by atoms with Gasteiger partial charge < -0.3 is 4.74 Å². The van der Waals surface area contributed by atoms with Gasteiger partial charge in [-0.25, -0.2) is 0 Å². The van der Waals surface area contributed by atoms with Gasteiger partial charge in [0.25, 0.3) is 0 Å². The Morgan fingerprint density at radius 3 is 2.89 bits per heavy atom. The molecule has 3 heteroatoms. The average Bonchev–Trinajstić information content (AvgIpc) is 2.39. The molecule has 0 N–H and O–H groups in total. The maximum Gasteiger partial charge on any atom is 0.146 e. The molecule has 1 unspecified atom stereocenters. The van der Waals surface area contributed by atoms with Crippen LogP contribution in [-0.2, 0) is 11.3 Å². The van der Waals surface area contributed by atoms with Gasteiger partial charge in [0.15, 0.2) is 0 Å². The minimum atomic E-state index is 0.0824. The minimum Gasteiger partial charge on any atom is -0.496 e. The molecule has 0 bridgehead atoms. The van der Waals surface area contributed by atoms with Crippen LogP contribution in [0.4, 0.5) is 0 Å². The smallest absolute Gasteiger partial charge is 0.146 e. The summed E-state index contributed by atoms with van der Waals surface area (Å²) in [6.45, 7) is 5.59. The second kappa shape index (κ2) is 6.20. The molecule has 1 aliphatic heterocycles. The third-order valence-corrected chi connectivity index (χ3v) is 3.89. The summed E-state index contributed by atoms with van der Waals surface area (Å²) in [4.78, 5) is 14.0. The molecule has 1 aliphatic rings. The van der Waals surface area contributed by atoms with Crippen LogP contribution in [0.2, 0.25) is 0 Å². The Labute approximate surface area is 115 Å². The van der Waals surface area contributed by atoms with Crippen LogP contribution in [0.3, 0.4) is 0 Å². The topological polar surface area (TPSA) is 29.5 Å². The third kappa shape index (κ3) is 3.35. The van der Waals surface area contributed by atoms with Crippen molar-refractivity contribution in [3.8, 4) is 5.75 Å². The van der Waals surface area contributed by atoms with E-state index in [0.717, 1.165) is 31.7 Å². The lowest BCUT2D eigenvalue weighted by molar-refractivity contribution is -0.123. The highest BCUT2D eigenvalue weighted by atomic mass is 16.5. The van der Waals surface area contributed by atoms with E-state index in [1.165, 1.54) is 17.5 Å². The highest BCUT2D eigenvalue weighted by Crippen LogP contribution is 2.25. The maximum absolute atomic E-state index is 11.7. The normalized spacial score (nSPS) is 20.3. The Bertz CT molecular complexity index is 456. The number of ketones is 1. The van der Waals surface area contributed by atoms with Gasteiger partial charge in [-0.2, -0.15) is 0 Å². The summed E-state index contributed by atoms with van der Waals surface area (Å²) in [6, 6.07) is 6.31. The van der Waals surface area contributed by atoms with E-state index < -0.39 is 0 Å². The van der Waals surface area contributed by atoms with Crippen molar-refractivity contribution in [2.75, 3.05) is 13.7 Å². The van der Waals surface area contributed by atoms with Crippen LogP contribution in [0, 0.1) is 6.92 Å². The molecule has 1 fully saturated rings. The lowest BCUT2D eigenvalue weighted by Gasteiger charge is -2.34. The van der Waals surface area contributed by atoms with Gasteiger partial charge in [0, 0.05) is 12.1 Å². The monoisotopic (exact) mass is 261 g/mol. The van der Waals surface area contributed by atoms with Crippen LogP contribution in [0.25, 0.3) is 0 Å². The van der Waals surface area contributed by atoms with Gasteiger partial charge in [0.1, 0.15) is 11.5 Å². The lowest BCUT2D eigenvalue weighted by Crippen LogP contribution is -2.43. The van der Waals surface area contributed by atoms with Gasteiger partial charge in [0.2, 0.25) is 0 Å². The third-order valence-electron chi connectivity index (χ3n) is 3.89. The summed E-state index contributed by atoms with van der Waals surface area (Å²) in [5.74, 6) is 1.20. The highest BCUT2D eigenvalue weighted by Gasteiger charge is 2.26. The van der Waals surface area contributed by atoms with Crippen LogP contribution in [-0.4, -0.2) is 30.4 Å². The predicted molar refractivity (Wildman–Crippen MR) is 76.5 cm³/mol. The van der Waals surface area contributed by atoms with Gasteiger partial charge in [-0.3, -0.25) is 9.69 Å². The second-order valence-electron chi connectivity index (χ2n) is 5.41. The van der Waals surface area contributed by atoms with Crippen LogP contribution >= 0.6 is 0 Å². The fourth-order valence-electron chi connectivity index (χ4n) is 2.89. The highest BCUT2D eigenvalue weighted by molar-refractivity contribution is 5.81. The van der Waals surface area contributed by atoms with E-state index in [4.69, 9.17) is 4.74 Å². The molecule has 0 aromatic heterocycles. The number of carbonyl (C=O) groups is 1. The number of Topliss-reactive ketones (excluding diaryl/α,β-unsaturated/α-hetero) is 1. The Morgan fingerprint density at radius 1 is 1.42 bits per heavy atom. The Hall–Kier alpha value is -1.35. The largest absolute Gasteiger partial charge is 0.496 e. The SMILES string of the molecule is COc1ccc(C)cc1CN1CCCCC1C(C)=O. The van der Waals surface area contributed by atoms with Gasteiger partial charge in [-0.05, 0) is 39.3 Å². The van der Waals surface area contributed by atoms with Crippen LogP contribution in [0.1, 0.15) is 37.3 Å². The van der Waals surface area contributed by atoms with Crippen molar-refractivity contribution in [1.29, 1.82) is 0 Å². The van der Waals surface area contributed by atoms with E-state index in [1.54, 1.807) is 14.0 Å². The Kier molecular flexibility index (Phi) is 4.59. The van der Waals surface area contributed by atoms with E-state index >= 15 is 0 Å². The molecule has 1 aromatic carbocycles. The molecule has 1 atom stereocenters. The number of hydrogen-bond acceptors (Lipinski definition) is 3. The summed E-state index contributed by atoms with van der Waals surface area (Å²) >= 11 is 0. The Morgan fingerprint density at radius 2 is 2.21 bits per heavy atom. The quantitative estimate of drug-likeness (QED) is 0.834. The lowest BCUT2D eigenvalue weighted by atomic mass is 9.98.